The molecule has 5 nitrogen and oxygen atoms in total. The van der Waals surface area contributed by atoms with E-state index >= 15 is 0 Å². The normalized spacial score (nSPS) is 11.5. The molecule has 0 saturated heterocycles. The van der Waals surface area contributed by atoms with Crippen LogP contribution in [-0.4, -0.2) is 32.2 Å². The first-order chi connectivity index (χ1) is 11.2. The van der Waals surface area contributed by atoms with Crippen molar-refractivity contribution in [3.63, 3.8) is 0 Å². The average molecular weight is 391 g/mol. The Balaban J connectivity index is 2.14. The van der Waals surface area contributed by atoms with Crippen LogP contribution >= 0.6 is 23.2 Å². The maximum Gasteiger partial charge on any atom is 0.246 e. The van der Waals surface area contributed by atoms with E-state index in [1.165, 1.54) is 13.1 Å². The maximum atomic E-state index is 13.8. The van der Waals surface area contributed by atoms with Crippen LogP contribution < -0.4 is 5.32 Å². The van der Waals surface area contributed by atoms with Gasteiger partial charge in [-0.1, -0.05) is 35.3 Å². The highest BCUT2D eigenvalue weighted by atomic mass is 35.5. The number of likely N-dealkylation sites (N-methyl/N-ethyl adjacent to an activating group) is 1. The van der Waals surface area contributed by atoms with E-state index in [-0.39, 0.29) is 5.02 Å². The Hall–Kier alpha value is -1.67. The zero-order chi connectivity index (χ0) is 17.9. The van der Waals surface area contributed by atoms with Gasteiger partial charge in [0.2, 0.25) is 15.9 Å². The molecule has 0 radical (unpaired) electrons. The topological polar surface area (TPSA) is 66.5 Å². The second-order valence-corrected chi connectivity index (χ2v) is 7.72. The summed E-state index contributed by atoms with van der Waals surface area (Å²) in [5.74, 6) is -1.59. The lowest BCUT2D eigenvalue weighted by Crippen LogP contribution is -2.35. The number of para-hydroxylation sites is 1. The largest absolute Gasteiger partial charge is 0.324 e. The third-order valence-electron chi connectivity index (χ3n) is 3.10. The number of carbonyl (C=O) groups is 1. The fourth-order valence-electron chi connectivity index (χ4n) is 1.89. The molecule has 0 aliphatic rings. The zero-order valence-corrected chi connectivity index (χ0v) is 14.8. The minimum atomic E-state index is -4.18. The van der Waals surface area contributed by atoms with Gasteiger partial charge in [0, 0.05) is 12.1 Å². The third kappa shape index (κ3) is 4.24. The van der Waals surface area contributed by atoms with Crippen molar-refractivity contribution in [1.82, 2.24) is 4.31 Å². The van der Waals surface area contributed by atoms with Crippen LogP contribution in [0.5, 0.6) is 0 Å². The molecule has 0 heterocycles. The summed E-state index contributed by atoms with van der Waals surface area (Å²) in [6, 6.07) is 9.73. The minimum Gasteiger partial charge on any atom is -0.324 e. The Labute approximate surface area is 149 Å². The molecule has 0 atom stereocenters. The number of hydrogen-bond donors (Lipinski definition) is 1. The Bertz CT molecular complexity index is 875. The summed E-state index contributed by atoms with van der Waals surface area (Å²) in [5, 5.41) is 2.89. The van der Waals surface area contributed by atoms with Crippen molar-refractivity contribution < 1.29 is 17.6 Å². The standard InChI is InChI=1S/C15H13Cl2FN2O3S/c1-20(9-15(21)19-13-5-3-2-4-11(13)17)24(22,23)14-7-6-10(16)8-12(14)18/h2-8H,9H2,1H3,(H,19,21). The van der Waals surface area contributed by atoms with Gasteiger partial charge in [-0.15, -0.1) is 0 Å². The fraction of sp³-hybridized carbons (Fsp3) is 0.133. The van der Waals surface area contributed by atoms with E-state index in [0.29, 0.717) is 10.7 Å². The quantitative estimate of drug-likeness (QED) is 0.850. The second-order valence-electron chi connectivity index (χ2n) is 4.86. The first-order valence-electron chi connectivity index (χ1n) is 6.67. The lowest BCUT2D eigenvalue weighted by molar-refractivity contribution is -0.116. The van der Waals surface area contributed by atoms with Crippen molar-refractivity contribution in [2.45, 2.75) is 4.90 Å². The van der Waals surface area contributed by atoms with Gasteiger partial charge >= 0.3 is 0 Å². The molecule has 9 heteroatoms. The molecule has 24 heavy (non-hydrogen) atoms. The number of benzene rings is 2. The Morgan fingerprint density at radius 2 is 1.88 bits per heavy atom. The van der Waals surface area contributed by atoms with E-state index in [9.17, 15) is 17.6 Å². The molecule has 2 aromatic carbocycles. The third-order valence-corrected chi connectivity index (χ3v) is 5.50. The molecule has 2 aromatic rings. The molecule has 2 rings (SSSR count). The first-order valence-corrected chi connectivity index (χ1v) is 8.87. The predicted octanol–water partition coefficient (Wildman–Crippen LogP) is 3.39. The van der Waals surface area contributed by atoms with E-state index in [0.717, 1.165) is 16.4 Å². The van der Waals surface area contributed by atoms with Crippen LogP contribution in [0.4, 0.5) is 10.1 Å². The highest BCUT2D eigenvalue weighted by Gasteiger charge is 2.26. The van der Waals surface area contributed by atoms with Gasteiger partial charge in [0.05, 0.1) is 17.3 Å². The van der Waals surface area contributed by atoms with Crippen LogP contribution in [0.25, 0.3) is 0 Å². The number of carbonyl (C=O) groups excluding carboxylic acids is 1. The van der Waals surface area contributed by atoms with Crippen LogP contribution in [0.2, 0.25) is 10.0 Å². The number of halogens is 3. The molecule has 0 bridgehead atoms. The Morgan fingerprint density at radius 3 is 2.50 bits per heavy atom. The van der Waals surface area contributed by atoms with Crippen molar-refractivity contribution in [2.75, 3.05) is 18.9 Å². The van der Waals surface area contributed by atoms with Crippen molar-refractivity contribution in [3.8, 4) is 0 Å². The lowest BCUT2D eigenvalue weighted by atomic mass is 10.3. The molecule has 0 spiro atoms. The fourth-order valence-corrected chi connectivity index (χ4v) is 3.40. The van der Waals surface area contributed by atoms with Crippen LogP contribution in [-0.2, 0) is 14.8 Å². The smallest absolute Gasteiger partial charge is 0.246 e. The van der Waals surface area contributed by atoms with Crippen molar-refractivity contribution in [3.05, 3.63) is 58.3 Å². The monoisotopic (exact) mass is 390 g/mol. The summed E-state index contributed by atoms with van der Waals surface area (Å²) in [7, 11) is -3.00. The van der Waals surface area contributed by atoms with Crippen LogP contribution in [0.15, 0.2) is 47.4 Å². The minimum absolute atomic E-state index is 0.0746. The van der Waals surface area contributed by atoms with E-state index in [4.69, 9.17) is 23.2 Å². The molecule has 0 saturated carbocycles. The summed E-state index contributed by atoms with van der Waals surface area (Å²) in [5.41, 5.74) is 0.354. The SMILES string of the molecule is CN(CC(=O)Nc1ccccc1Cl)S(=O)(=O)c1ccc(Cl)cc1F. The number of rotatable bonds is 5. The van der Waals surface area contributed by atoms with Gasteiger partial charge in [-0.3, -0.25) is 4.79 Å². The summed E-state index contributed by atoms with van der Waals surface area (Å²) in [6.07, 6.45) is 0. The number of nitrogens with one attached hydrogen (secondary N) is 1. The summed E-state index contributed by atoms with van der Waals surface area (Å²) >= 11 is 11.5. The summed E-state index contributed by atoms with van der Waals surface area (Å²) in [4.78, 5) is 11.4. The van der Waals surface area contributed by atoms with Gasteiger partial charge in [-0.25, -0.2) is 12.8 Å². The zero-order valence-electron chi connectivity index (χ0n) is 12.5. The molecular formula is C15H13Cl2FN2O3S. The van der Waals surface area contributed by atoms with Gasteiger partial charge in [-0.05, 0) is 30.3 Å². The van der Waals surface area contributed by atoms with Gasteiger partial charge in [-0.2, -0.15) is 4.31 Å². The number of hydrogen-bond acceptors (Lipinski definition) is 3. The molecule has 0 aliphatic carbocycles. The number of nitrogens with zero attached hydrogens (tertiary/aromatic N) is 1. The second kappa shape index (κ2) is 7.48. The van der Waals surface area contributed by atoms with Crippen molar-refractivity contribution in [1.29, 1.82) is 0 Å². The number of amides is 1. The average Bonchev–Trinajstić information content (AvgIpc) is 2.49. The molecule has 1 amide bonds. The van der Waals surface area contributed by atoms with Gasteiger partial charge in [0.15, 0.2) is 0 Å². The molecule has 0 aliphatic heterocycles. The molecular weight excluding hydrogens is 378 g/mol. The van der Waals surface area contributed by atoms with Crippen LogP contribution in [0.3, 0.4) is 0 Å². The summed E-state index contributed by atoms with van der Waals surface area (Å²) < 4.78 is 39.3. The van der Waals surface area contributed by atoms with Crippen molar-refractivity contribution >= 4 is 44.8 Å². The number of sulfonamides is 1. The van der Waals surface area contributed by atoms with Gasteiger partial charge < -0.3 is 5.32 Å². The van der Waals surface area contributed by atoms with Gasteiger partial charge in [0.1, 0.15) is 10.7 Å². The maximum absolute atomic E-state index is 13.8. The Kier molecular flexibility index (Phi) is 5.82. The molecule has 1 N–H and O–H groups in total. The van der Waals surface area contributed by atoms with E-state index in [1.807, 2.05) is 0 Å². The molecule has 128 valence electrons. The van der Waals surface area contributed by atoms with Crippen molar-refractivity contribution in [2.24, 2.45) is 0 Å². The number of anilines is 1. The van der Waals surface area contributed by atoms with E-state index < -0.39 is 33.2 Å². The Morgan fingerprint density at radius 1 is 1.21 bits per heavy atom. The van der Waals surface area contributed by atoms with E-state index in [2.05, 4.69) is 5.32 Å². The molecule has 0 aromatic heterocycles. The highest BCUT2D eigenvalue weighted by Crippen LogP contribution is 2.23. The predicted molar refractivity (Wildman–Crippen MR) is 91.3 cm³/mol. The lowest BCUT2D eigenvalue weighted by Gasteiger charge is -2.17. The van der Waals surface area contributed by atoms with Gasteiger partial charge in [0.25, 0.3) is 0 Å². The van der Waals surface area contributed by atoms with Crippen LogP contribution in [0, 0.1) is 5.82 Å². The summed E-state index contributed by atoms with van der Waals surface area (Å²) in [6.45, 7) is -0.504. The van der Waals surface area contributed by atoms with Crippen LogP contribution in [0.1, 0.15) is 0 Å². The molecule has 0 fully saturated rings. The first kappa shape index (κ1) is 18.7. The highest BCUT2D eigenvalue weighted by molar-refractivity contribution is 7.89. The molecule has 0 unspecified atom stereocenters. The van der Waals surface area contributed by atoms with E-state index in [1.54, 1.807) is 24.3 Å².